The first-order chi connectivity index (χ1) is 18.8. The van der Waals surface area contributed by atoms with Crippen molar-refractivity contribution in [2.75, 3.05) is 26.2 Å². The lowest BCUT2D eigenvalue weighted by Crippen LogP contribution is -2.48. The summed E-state index contributed by atoms with van der Waals surface area (Å²) in [5.74, 6) is -7.14. The van der Waals surface area contributed by atoms with Gasteiger partial charge in [-0.15, -0.1) is 0 Å². The SMILES string of the molecule is O=C(c1cc2nc(-c3ccc(F)cc3)cc(C(F)(F)C(F)(F)F)n2n1)N1CCN(Cc2c(F)cccc2Cl)CC1. The molecule has 40 heavy (non-hydrogen) atoms. The molecule has 3 heterocycles. The van der Waals surface area contributed by atoms with Crippen molar-refractivity contribution >= 4 is 23.2 Å². The number of hydrogen-bond donors (Lipinski definition) is 0. The summed E-state index contributed by atoms with van der Waals surface area (Å²) in [6.45, 7) is 1.19. The number of piperazine rings is 1. The van der Waals surface area contributed by atoms with Gasteiger partial charge in [-0.25, -0.2) is 18.3 Å². The van der Waals surface area contributed by atoms with Crippen molar-refractivity contribution in [1.29, 1.82) is 0 Å². The quantitative estimate of drug-likeness (QED) is 0.272. The van der Waals surface area contributed by atoms with Crippen LogP contribution in [0.15, 0.2) is 54.6 Å². The second-order valence-electron chi connectivity index (χ2n) is 9.17. The molecule has 1 amide bonds. The van der Waals surface area contributed by atoms with Crippen LogP contribution in [0.5, 0.6) is 0 Å². The number of aromatic nitrogens is 3. The maximum absolute atomic E-state index is 14.6. The van der Waals surface area contributed by atoms with E-state index in [0.717, 1.165) is 18.2 Å². The molecule has 0 spiro atoms. The number of alkyl halides is 5. The molecule has 6 nitrogen and oxygen atoms in total. The fourth-order valence-corrected chi connectivity index (χ4v) is 4.62. The van der Waals surface area contributed by atoms with Crippen molar-refractivity contribution < 1.29 is 35.5 Å². The lowest BCUT2D eigenvalue weighted by atomic mass is 10.1. The highest BCUT2D eigenvalue weighted by Gasteiger charge is 2.60. The average molecular weight is 586 g/mol. The minimum absolute atomic E-state index is 0.0864. The van der Waals surface area contributed by atoms with Crippen LogP contribution in [0.2, 0.25) is 5.02 Å². The Bertz CT molecular complexity index is 1540. The molecule has 2 aromatic carbocycles. The maximum Gasteiger partial charge on any atom is 0.459 e. The zero-order valence-corrected chi connectivity index (χ0v) is 21.2. The number of carbonyl (C=O) groups excluding carboxylic acids is 1. The minimum atomic E-state index is -5.96. The molecular formula is C26H19ClF7N5O. The molecule has 1 aliphatic heterocycles. The van der Waals surface area contributed by atoms with Crippen molar-refractivity contribution in [3.63, 3.8) is 0 Å². The zero-order valence-electron chi connectivity index (χ0n) is 20.4. The van der Waals surface area contributed by atoms with Crippen molar-refractivity contribution in [3.05, 3.63) is 88.2 Å². The van der Waals surface area contributed by atoms with Gasteiger partial charge in [0.2, 0.25) is 0 Å². The third kappa shape index (κ3) is 5.22. The first kappa shape index (κ1) is 27.8. The largest absolute Gasteiger partial charge is 0.459 e. The van der Waals surface area contributed by atoms with Crippen molar-refractivity contribution in [2.45, 2.75) is 18.6 Å². The number of amides is 1. The summed E-state index contributed by atoms with van der Waals surface area (Å²) in [6, 6.07) is 10.3. The summed E-state index contributed by atoms with van der Waals surface area (Å²) in [5.41, 5.74) is -2.24. The van der Waals surface area contributed by atoms with E-state index in [0.29, 0.717) is 29.2 Å². The standard InChI is InChI=1S/C26H19ClF7N5O/c27-18-2-1-3-19(29)17(18)14-37-8-10-38(11-9-37)24(40)21-13-23-35-20(15-4-6-16(28)7-5-15)12-22(39(23)36-21)25(30,31)26(32,33)34/h1-7,12-13H,8-11,14H2. The Kier molecular flexibility index (Phi) is 7.21. The number of halogens is 8. The van der Waals surface area contributed by atoms with E-state index in [9.17, 15) is 35.5 Å². The predicted molar refractivity (Wildman–Crippen MR) is 131 cm³/mol. The Hall–Kier alpha value is -3.71. The van der Waals surface area contributed by atoms with Crippen LogP contribution < -0.4 is 0 Å². The van der Waals surface area contributed by atoms with Crippen LogP contribution >= 0.6 is 11.6 Å². The first-order valence-corrected chi connectivity index (χ1v) is 12.3. The van der Waals surface area contributed by atoms with Gasteiger partial charge in [0.15, 0.2) is 11.3 Å². The van der Waals surface area contributed by atoms with Crippen molar-refractivity contribution in [3.8, 4) is 11.3 Å². The monoisotopic (exact) mass is 585 g/mol. The van der Waals surface area contributed by atoms with Gasteiger partial charge in [-0.3, -0.25) is 9.69 Å². The van der Waals surface area contributed by atoms with Gasteiger partial charge in [0.25, 0.3) is 5.91 Å². The van der Waals surface area contributed by atoms with Crippen LogP contribution in [-0.4, -0.2) is 62.7 Å². The van der Waals surface area contributed by atoms with Gasteiger partial charge < -0.3 is 4.90 Å². The van der Waals surface area contributed by atoms with Crippen LogP contribution in [0.25, 0.3) is 16.9 Å². The molecule has 14 heteroatoms. The topological polar surface area (TPSA) is 53.7 Å². The Balaban J connectivity index is 1.43. The zero-order chi connectivity index (χ0) is 28.8. The molecule has 1 saturated heterocycles. The smallest absolute Gasteiger partial charge is 0.335 e. The molecule has 0 saturated carbocycles. The molecule has 0 bridgehead atoms. The number of nitrogens with zero attached hydrogens (tertiary/aromatic N) is 5. The van der Waals surface area contributed by atoms with E-state index in [1.54, 1.807) is 6.07 Å². The minimum Gasteiger partial charge on any atom is -0.335 e. The molecule has 0 radical (unpaired) electrons. The van der Waals surface area contributed by atoms with Crippen LogP contribution in [-0.2, 0) is 12.5 Å². The van der Waals surface area contributed by atoms with Gasteiger partial charge in [0.1, 0.15) is 17.3 Å². The highest BCUT2D eigenvalue weighted by Crippen LogP contribution is 2.44. The van der Waals surface area contributed by atoms with Gasteiger partial charge in [-0.2, -0.15) is 27.1 Å². The molecule has 1 fully saturated rings. The summed E-state index contributed by atoms with van der Waals surface area (Å²) >= 11 is 6.09. The summed E-state index contributed by atoms with van der Waals surface area (Å²) in [5, 5.41) is 4.03. The lowest BCUT2D eigenvalue weighted by Gasteiger charge is -2.34. The van der Waals surface area contributed by atoms with E-state index in [4.69, 9.17) is 11.6 Å². The molecule has 2 aromatic heterocycles. The number of rotatable bonds is 5. The Morgan fingerprint density at radius 3 is 2.23 bits per heavy atom. The Morgan fingerprint density at radius 1 is 0.925 bits per heavy atom. The summed E-state index contributed by atoms with van der Waals surface area (Å²) in [4.78, 5) is 20.5. The number of hydrogen-bond acceptors (Lipinski definition) is 4. The van der Waals surface area contributed by atoms with E-state index in [-0.39, 0.29) is 41.6 Å². The number of fused-ring (bicyclic) bond motifs is 1. The molecule has 210 valence electrons. The molecule has 0 unspecified atom stereocenters. The third-order valence-corrected chi connectivity index (χ3v) is 6.92. The molecule has 0 aliphatic carbocycles. The normalized spacial score (nSPS) is 15.2. The second kappa shape index (κ2) is 10.4. The van der Waals surface area contributed by atoms with E-state index in [2.05, 4.69) is 10.1 Å². The van der Waals surface area contributed by atoms with Crippen LogP contribution in [0.4, 0.5) is 30.7 Å². The fraction of sp³-hybridized carbons (Fsp3) is 0.269. The second-order valence-corrected chi connectivity index (χ2v) is 9.58. The van der Waals surface area contributed by atoms with E-state index < -0.39 is 41.0 Å². The summed E-state index contributed by atoms with van der Waals surface area (Å²) in [7, 11) is 0. The Morgan fingerprint density at radius 2 is 1.60 bits per heavy atom. The van der Waals surface area contributed by atoms with Crippen LogP contribution in [0, 0.1) is 11.6 Å². The van der Waals surface area contributed by atoms with Crippen LogP contribution in [0.1, 0.15) is 21.7 Å². The molecule has 0 atom stereocenters. The van der Waals surface area contributed by atoms with E-state index >= 15 is 0 Å². The van der Waals surface area contributed by atoms with Gasteiger partial charge in [-0.1, -0.05) is 17.7 Å². The first-order valence-electron chi connectivity index (χ1n) is 11.9. The molecule has 0 N–H and O–H groups in total. The lowest BCUT2D eigenvalue weighted by molar-refractivity contribution is -0.291. The predicted octanol–water partition coefficient (Wildman–Crippen LogP) is 5.94. The summed E-state index contributed by atoms with van der Waals surface area (Å²) in [6.07, 6.45) is -5.96. The average Bonchev–Trinajstić information content (AvgIpc) is 3.34. The number of benzene rings is 2. The Labute approximate surface area is 227 Å². The molecule has 1 aliphatic rings. The highest BCUT2D eigenvalue weighted by molar-refractivity contribution is 6.31. The molecule has 4 aromatic rings. The van der Waals surface area contributed by atoms with Crippen molar-refractivity contribution in [1.82, 2.24) is 24.4 Å². The number of carbonyl (C=O) groups is 1. The van der Waals surface area contributed by atoms with E-state index in [1.165, 1.54) is 29.2 Å². The molecule has 5 rings (SSSR count). The van der Waals surface area contributed by atoms with Crippen molar-refractivity contribution in [2.24, 2.45) is 0 Å². The summed E-state index contributed by atoms with van der Waals surface area (Å²) < 4.78 is 97.0. The van der Waals surface area contributed by atoms with Crippen LogP contribution in [0.3, 0.4) is 0 Å². The molecular weight excluding hydrogens is 567 g/mol. The van der Waals surface area contributed by atoms with Gasteiger partial charge in [0.05, 0.1) is 5.69 Å². The fourth-order valence-electron chi connectivity index (χ4n) is 4.39. The highest BCUT2D eigenvalue weighted by atomic mass is 35.5. The van der Waals surface area contributed by atoms with Gasteiger partial charge >= 0.3 is 12.1 Å². The van der Waals surface area contributed by atoms with Gasteiger partial charge in [0, 0.05) is 54.9 Å². The van der Waals surface area contributed by atoms with E-state index in [1.807, 2.05) is 4.90 Å². The van der Waals surface area contributed by atoms with Gasteiger partial charge in [-0.05, 0) is 42.5 Å². The third-order valence-electron chi connectivity index (χ3n) is 6.57. The maximum atomic E-state index is 14.6.